The lowest BCUT2D eigenvalue weighted by Crippen LogP contribution is -2.32. The molecule has 1 N–H and O–H groups in total. The van der Waals surface area contributed by atoms with Crippen LogP contribution >= 0.6 is 0 Å². The Bertz CT molecular complexity index is 877. The van der Waals surface area contributed by atoms with Crippen LogP contribution in [0.25, 0.3) is 0 Å². The van der Waals surface area contributed by atoms with Crippen molar-refractivity contribution in [3.63, 3.8) is 0 Å². The summed E-state index contributed by atoms with van der Waals surface area (Å²) < 4.78 is 25.9. The van der Waals surface area contributed by atoms with Crippen LogP contribution in [0.5, 0.6) is 0 Å². The molecular weight excluding hydrogens is 360 g/mol. The van der Waals surface area contributed by atoms with Gasteiger partial charge in [0.15, 0.2) is 0 Å². The first kappa shape index (κ1) is 21.0. The number of benzene rings is 2. The topological polar surface area (TPSA) is 66.5 Å². The third kappa shape index (κ3) is 6.10. The fourth-order valence-corrected chi connectivity index (χ4v) is 3.80. The molecule has 0 aromatic heterocycles. The maximum Gasteiger partial charge on any atom is 0.251 e. The van der Waals surface area contributed by atoms with E-state index in [1.807, 2.05) is 32.0 Å². The van der Waals surface area contributed by atoms with Gasteiger partial charge in [-0.3, -0.25) is 9.10 Å². The van der Waals surface area contributed by atoms with Crippen molar-refractivity contribution in [3.8, 4) is 0 Å². The maximum atomic E-state index is 12.3. The van der Waals surface area contributed by atoms with Gasteiger partial charge in [0.05, 0.1) is 18.5 Å². The largest absolute Gasteiger partial charge is 0.350 e. The van der Waals surface area contributed by atoms with E-state index in [9.17, 15) is 13.2 Å². The minimum absolute atomic E-state index is 0.110. The first-order valence-electron chi connectivity index (χ1n) is 9.15. The van der Waals surface area contributed by atoms with Gasteiger partial charge >= 0.3 is 0 Å². The van der Waals surface area contributed by atoms with Crippen LogP contribution in [0.2, 0.25) is 0 Å². The molecule has 5 nitrogen and oxygen atoms in total. The quantitative estimate of drug-likeness (QED) is 0.746. The Morgan fingerprint density at radius 3 is 2.37 bits per heavy atom. The van der Waals surface area contributed by atoms with Gasteiger partial charge in [0, 0.05) is 11.6 Å². The molecular formula is C21H28N2O3S. The molecule has 0 saturated heterocycles. The number of anilines is 1. The monoisotopic (exact) mass is 388 g/mol. The first-order chi connectivity index (χ1) is 12.7. The molecule has 2 aromatic carbocycles. The SMILES string of the molecule is CCC[C@H](C)NC(=O)c1ccc(CN(c2cccc(C)c2)S(C)(=O)=O)cc1. The van der Waals surface area contributed by atoms with E-state index >= 15 is 0 Å². The number of amides is 1. The summed E-state index contributed by atoms with van der Waals surface area (Å²) >= 11 is 0. The lowest BCUT2D eigenvalue weighted by atomic mass is 10.1. The summed E-state index contributed by atoms with van der Waals surface area (Å²) in [6.07, 6.45) is 3.15. The van der Waals surface area contributed by atoms with E-state index in [1.165, 1.54) is 10.6 Å². The van der Waals surface area contributed by atoms with Crippen molar-refractivity contribution >= 4 is 21.6 Å². The Labute approximate surface area is 162 Å². The van der Waals surface area contributed by atoms with Crippen LogP contribution in [0.3, 0.4) is 0 Å². The molecule has 0 bridgehead atoms. The van der Waals surface area contributed by atoms with E-state index in [1.54, 1.807) is 30.3 Å². The second kappa shape index (κ2) is 9.04. The van der Waals surface area contributed by atoms with Crippen molar-refractivity contribution in [2.24, 2.45) is 0 Å². The van der Waals surface area contributed by atoms with Crippen molar-refractivity contribution in [2.45, 2.75) is 46.2 Å². The van der Waals surface area contributed by atoms with E-state index in [0.717, 1.165) is 24.0 Å². The van der Waals surface area contributed by atoms with Crippen LogP contribution in [-0.4, -0.2) is 26.6 Å². The summed E-state index contributed by atoms with van der Waals surface area (Å²) in [5.41, 5.74) is 3.02. The number of rotatable bonds is 8. The van der Waals surface area contributed by atoms with E-state index in [2.05, 4.69) is 12.2 Å². The van der Waals surface area contributed by atoms with Crippen LogP contribution < -0.4 is 9.62 Å². The van der Waals surface area contributed by atoms with Gasteiger partial charge in [0.2, 0.25) is 10.0 Å². The van der Waals surface area contributed by atoms with Crippen LogP contribution in [0, 0.1) is 6.92 Å². The van der Waals surface area contributed by atoms with Gasteiger partial charge in [-0.25, -0.2) is 8.42 Å². The first-order valence-corrected chi connectivity index (χ1v) is 11.0. The number of hydrogen-bond acceptors (Lipinski definition) is 3. The lowest BCUT2D eigenvalue weighted by molar-refractivity contribution is 0.0938. The molecule has 6 heteroatoms. The highest BCUT2D eigenvalue weighted by Gasteiger charge is 2.18. The minimum Gasteiger partial charge on any atom is -0.350 e. The molecule has 0 aliphatic heterocycles. The Morgan fingerprint density at radius 2 is 1.81 bits per heavy atom. The van der Waals surface area contributed by atoms with Crippen LogP contribution in [-0.2, 0) is 16.6 Å². The van der Waals surface area contributed by atoms with E-state index in [4.69, 9.17) is 0 Å². The van der Waals surface area contributed by atoms with Gasteiger partial charge in [-0.2, -0.15) is 0 Å². The van der Waals surface area contributed by atoms with Crippen molar-refractivity contribution in [1.82, 2.24) is 5.32 Å². The average Bonchev–Trinajstić information content (AvgIpc) is 2.59. The summed E-state index contributed by atoms with van der Waals surface area (Å²) in [6, 6.07) is 14.6. The summed E-state index contributed by atoms with van der Waals surface area (Å²) in [6.45, 7) is 6.22. The molecule has 0 spiro atoms. The Kier molecular flexibility index (Phi) is 7.02. The Balaban J connectivity index is 2.16. The van der Waals surface area contributed by atoms with Crippen LogP contribution in [0.4, 0.5) is 5.69 Å². The van der Waals surface area contributed by atoms with Crippen molar-refractivity contribution in [3.05, 3.63) is 65.2 Å². The predicted octanol–water partition coefficient (Wildman–Crippen LogP) is 3.88. The molecule has 0 unspecified atom stereocenters. The van der Waals surface area contributed by atoms with Gasteiger partial charge in [0.1, 0.15) is 0 Å². The second-order valence-electron chi connectivity index (χ2n) is 6.97. The number of hydrogen-bond donors (Lipinski definition) is 1. The standard InChI is InChI=1S/C21H28N2O3S/c1-5-7-17(3)22-21(24)19-12-10-18(11-13-19)15-23(27(4,25)26)20-9-6-8-16(2)14-20/h6,8-14,17H,5,7,15H2,1-4H3,(H,22,24)/t17-/m0/s1. The van der Waals surface area contributed by atoms with E-state index in [-0.39, 0.29) is 18.5 Å². The molecule has 2 aromatic rings. The highest BCUT2D eigenvalue weighted by molar-refractivity contribution is 7.92. The Morgan fingerprint density at radius 1 is 1.15 bits per heavy atom. The zero-order chi connectivity index (χ0) is 20.0. The highest BCUT2D eigenvalue weighted by atomic mass is 32.2. The van der Waals surface area contributed by atoms with Gasteiger partial charge in [-0.1, -0.05) is 37.6 Å². The zero-order valence-corrected chi connectivity index (χ0v) is 17.2. The van der Waals surface area contributed by atoms with Gasteiger partial charge in [0.25, 0.3) is 5.91 Å². The number of nitrogens with zero attached hydrogens (tertiary/aromatic N) is 1. The molecule has 0 saturated carbocycles. The molecule has 0 aliphatic carbocycles. The summed E-state index contributed by atoms with van der Waals surface area (Å²) in [7, 11) is -3.43. The molecule has 0 radical (unpaired) electrons. The second-order valence-corrected chi connectivity index (χ2v) is 8.88. The molecule has 1 atom stereocenters. The zero-order valence-electron chi connectivity index (χ0n) is 16.4. The fourth-order valence-electron chi connectivity index (χ4n) is 2.92. The third-order valence-electron chi connectivity index (χ3n) is 4.33. The summed E-state index contributed by atoms with van der Waals surface area (Å²) in [4.78, 5) is 12.3. The Hall–Kier alpha value is -2.34. The van der Waals surface area contributed by atoms with E-state index in [0.29, 0.717) is 11.3 Å². The van der Waals surface area contributed by atoms with Crippen LogP contribution in [0.1, 0.15) is 48.2 Å². The smallest absolute Gasteiger partial charge is 0.251 e. The molecule has 0 aliphatic rings. The molecule has 27 heavy (non-hydrogen) atoms. The van der Waals surface area contributed by atoms with Gasteiger partial charge in [-0.15, -0.1) is 0 Å². The molecule has 1 amide bonds. The molecule has 146 valence electrons. The fraction of sp³-hybridized carbons (Fsp3) is 0.381. The summed E-state index contributed by atoms with van der Waals surface area (Å²) in [5.74, 6) is -0.110. The number of nitrogens with one attached hydrogen (secondary N) is 1. The molecule has 0 heterocycles. The number of sulfonamides is 1. The van der Waals surface area contributed by atoms with Gasteiger partial charge in [-0.05, 0) is 55.7 Å². The maximum absolute atomic E-state index is 12.3. The lowest BCUT2D eigenvalue weighted by Gasteiger charge is -2.23. The van der Waals surface area contributed by atoms with Crippen molar-refractivity contribution in [2.75, 3.05) is 10.6 Å². The molecule has 2 rings (SSSR count). The summed E-state index contributed by atoms with van der Waals surface area (Å²) in [5, 5.41) is 2.97. The number of carbonyl (C=O) groups excluding carboxylic acids is 1. The van der Waals surface area contributed by atoms with Crippen molar-refractivity contribution < 1.29 is 13.2 Å². The number of carbonyl (C=O) groups is 1. The van der Waals surface area contributed by atoms with E-state index < -0.39 is 10.0 Å². The third-order valence-corrected chi connectivity index (χ3v) is 5.47. The van der Waals surface area contributed by atoms with Gasteiger partial charge < -0.3 is 5.32 Å². The van der Waals surface area contributed by atoms with Crippen LogP contribution in [0.15, 0.2) is 48.5 Å². The highest BCUT2D eigenvalue weighted by Crippen LogP contribution is 2.22. The molecule has 0 fully saturated rings. The minimum atomic E-state index is -3.43. The predicted molar refractivity (Wildman–Crippen MR) is 110 cm³/mol. The normalized spacial score (nSPS) is 12.4. The van der Waals surface area contributed by atoms with Crippen molar-refractivity contribution in [1.29, 1.82) is 0 Å². The number of aryl methyl sites for hydroxylation is 1. The average molecular weight is 389 g/mol.